The van der Waals surface area contributed by atoms with Crippen molar-refractivity contribution >= 4 is 22.6 Å². The Morgan fingerprint density at radius 1 is 1.29 bits per heavy atom. The van der Waals surface area contributed by atoms with E-state index in [-0.39, 0.29) is 0 Å². The van der Waals surface area contributed by atoms with Gasteiger partial charge in [0.05, 0.1) is 18.1 Å². The molecule has 0 aliphatic rings. The summed E-state index contributed by atoms with van der Waals surface area (Å²) in [4.78, 5) is 7.14. The molecule has 5 heteroatoms. The summed E-state index contributed by atoms with van der Waals surface area (Å²) in [5.41, 5.74) is 2.14. The smallest absolute Gasteiger partial charge is 0.121 e. The van der Waals surface area contributed by atoms with E-state index in [0.717, 1.165) is 55.2 Å². The number of nitrogens with zero attached hydrogens (tertiary/aromatic N) is 3. The van der Waals surface area contributed by atoms with Crippen LogP contribution in [-0.4, -0.2) is 47.1 Å². The van der Waals surface area contributed by atoms with Crippen LogP contribution < -0.4 is 4.74 Å². The number of benzene rings is 1. The zero-order valence-corrected chi connectivity index (χ0v) is 13.9. The molecule has 0 saturated carbocycles. The lowest BCUT2D eigenvalue weighted by Crippen LogP contribution is -2.27. The predicted octanol–water partition coefficient (Wildman–Crippen LogP) is 3.17. The molecule has 2 rings (SSSR count). The summed E-state index contributed by atoms with van der Waals surface area (Å²) in [5.74, 6) is 2.49. The normalized spacial score (nSPS) is 11.5. The van der Waals surface area contributed by atoms with E-state index in [0.29, 0.717) is 5.88 Å². The van der Waals surface area contributed by atoms with Crippen LogP contribution in [0.3, 0.4) is 0 Å². The molecule has 0 aliphatic heterocycles. The Hall–Kier alpha value is -1.26. The SMILES string of the molecule is CCN(CC)CCn1c(CCCl)nc2cc(OC)ccc21. The van der Waals surface area contributed by atoms with Crippen LogP contribution in [0, 0.1) is 0 Å². The molecule has 2 aromatic rings. The van der Waals surface area contributed by atoms with Crippen LogP contribution in [0.5, 0.6) is 5.75 Å². The highest BCUT2D eigenvalue weighted by atomic mass is 35.5. The second-order valence-corrected chi connectivity index (χ2v) is 5.38. The molecular formula is C16H24ClN3O. The quantitative estimate of drug-likeness (QED) is 0.702. The van der Waals surface area contributed by atoms with Crippen molar-refractivity contribution in [2.45, 2.75) is 26.8 Å². The molecular weight excluding hydrogens is 286 g/mol. The van der Waals surface area contributed by atoms with Gasteiger partial charge in [-0.2, -0.15) is 0 Å². The fourth-order valence-corrected chi connectivity index (χ4v) is 2.76. The maximum absolute atomic E-state index is 5.92. The molecule has 0 unspecified atom stereocenters. The summed E-state index contributed by atoms with van der Waals surface area (Å²) >= 11 is 5.92. The number of imidazole rings is 1. The number of hydrogen-bond acceptors (Lipinski definition) is 3. The molecule has 0 bridgehead atoms. The van der Waals surface area contributed by atoms with Crippen molar-refractivity contribution in [3.05, 3.63) is 24.0 Å². The lowest BCUT2D eigenvalue weighted by atomic mass is 10.3. The first-order chi connectivity index (χ1) is 10.2. The minimum absolute atomic E-state index is 0.589. The summed E-state index contributed by atoms with van der Waals surface area (Å²) in [5, 5.41) is 0. The van der Waals surface area contributed by atoms with Crippen LogP contribution in [-0.2, 0) is 13.0 Å². The predicted molar refractivity (Wildman–Crippen MR) is 88.5 cm³/mol. The first-order valence-corrected chi connectivity index (χ1v) is 8.08. The average molecular weight is 310 g/mol. The second kappa shape index (κ2) is 7.66. The van der Waals surface area contributed by atoms with Gasteiger partial charge in [-0.3, -0.25) is 0 Å². The van der Waals surface area contributed by atoms with Crippen LogP contribution in [0.25, 0.3) is 11.0 Å². The van der Waals surface area contributed by atoms with Crippen LogP contribution in [0.2, 0.25) is 0 Å². The molecule has 0 N–H and O–H groups in total. The van der Waals surface area contributed by atoms with Gasteiger partial charge in [-0.1, -0.05) is 13.8 Å². The van der Waals surface area contributed by atoms with Gasteiger partial charge in [0.2, 0.25) is 0 Å². The standard InChI is InChI=1S/C16H24ClN3O/c1-4-19(5-2)10-11-20-15-7-6-13(21-3)12-14(15)18-16(20)8-9-17/h6-7,12H,4-5,8-11H2,1-3H3. The largest absolute Gasteiger partial charge is 0.497 e. The first-order valence-electron chi connectivity index (χ1n) is 7.54. The van der Waals surface area contributed by atoms with E-state index < -0.39 is 0 Å². The Morgan fingerprint density at radius 2 is 2.05 bits per heavy atom. The van der Waals surface area contributed by atoms with Gasteiger partial charge >= 0.3 is 0 Å². The van der Waals surface area contributed by atoms with E-state index in [4.69, 9.17) is 21.3 Å². The molecule has 0 aliphatic carbocycles. The molecule has 0 radical (unpaired) electrons. The average Bonchev–Trinajstić information content (AvgIpc) is 2.85. The molecule has 21 heavy (non-hydrogen) atoms. The summed E-state index contributed by atoms with van der Waals surface area (Å²) in [6.07, 6.45) is 0.788. The highest BCUT2D eigenvalue weighted by Gasteiger charge is 2.12. The molecule has 0 amide bonds. The fourth-order valence-electron chi connectivity index (χ4n) is 2.59. The highest BCUT2D eigenvalue weighted by Crippen LogP contribution is 2.22. The zero-order chi connectivity index (χ0) is 15.2. The van der Waals surface area contributed by atoms with Crippen molar-refractivity contribution in [3.8, 4) is 5.75 Å². The molecule has 116 valence electrons. The first kappa shape index (κ1) is 16.1. The summed E-state index contributed by atoms with van der Waals surface area (Å²) in [6.45, 7) is 8.50. The Kier molecular flexibility index (Phi) is 5.88. The molecule has 0 spiro atoms. The van der Waals surface area contributed by atoms with E-state index in [1.54, 1.807) is 7.11 Å². The zero-order valence-electron chi connectivity index (χ0n) is 13.1. The van der Waals surface area contributed by atoms with Gasteiger partial charge in [-0.05, 0) is 25.2 Å². The molecule has 0 fully saturated rings. The number of hydrogen-bond donors (Lipinski definition) is 0. The van der Waals surface area contributed by atoms with Gasteiger partial charge in [-0.15, -0.1) is 11.6 Å². The third-order valence-electron chi connectivity index (χ3n) is 3.89. The van der Waals surface area contributed by atoms with E-state index in [1.165, 1.54) is 0 Å². The number of aryl methyl sites for hydroxylation is 1. The minimum atomic E-state index is 0.589. The summed E-state index contributed by atoms with van der Waals surface area (Å²) in [7, 11) is 1.68. The van der Waals surface area contributed by atoms with Gasteiger partial charge in [0.1, 0.15) is 11.6 Å². The summed E-state index contributed by atoms with van der Waals surface area (Å²) < 4.78 is 7.57. The van der Waals surface area contributed by atoms with Crippen molar-refractivity contribution in [1.29, 1.82) is 0 Å². The van der Waals surface area contributed by atoms with Crippen LogP contribution in [0.1, 0.15) is 19.7 Å². The van der Waals surface area contributed by atoms with Crippen molar-refractivity contribution in [3.63, 3.8) is 0 Å². The van der Waals surface area contributed by atoms with Crippen molar-refractivity contribution < 1.29 is 4.74 Å². The third-order valence-corrected chi connectivity index (χ3v) is 4.08. The van der Waals surface area contributed by atoms with Gasteiger partial charge < -0.3 is 14.2 Å². The Balaban J connectivity index is 2.32. The van der Waals surface area contributed by atoms with Gasteiger partial charge in [-0.25, -0.2) is 4.98 Å². The second-order valence-electron chi connectivity index (χ2n) is 5.00. The number of ether oxygens (including phenoxy) is 1. The van der Waals surface area contributed by atoms with Gasteiger partial charge in [0.25, 0.3) is 0 Å². The molecule has 4 nitrogen and oxygen atoms in total. The number of likely N-dealkylation sites (N-methyl/N-ethyl adjacent to an activating group) is 1. The fraction of sp³-hybridized carbons (Fsp3) is 0.562. The molecule has 0 atom stereocenters. The lowest BCUT2D eigenvalue weighted by molar-refractivity contribution is 0.290. The lowest BCUT2D eigenvalue weighted by Gasteiger charge is -2.19. The van der Waals surface area contributed by atoms with E-state index in [2.05, 4.69) is 29.4 Å². The highest BCUT2D eigenvalue weighted by molar-refractivity contribution is 6.17. The molecule has 1 heterocycles. The topological polar surface area (TPSA) is 30.3 Å². The van der Waals surface area contributed by atoms with Crippen molar-refractivity contribution in [1.82, 2.24) is 14.5 Å². The minimum Gasteiger partial charge on any atom is -0.497 e. The molecule has 0 saturated heterocycles. The number of rotatable bonds is 8. The van der Waals surface area contributed by atoms with E-state index >= 15 is 0 Å². The maximum atomic E-state index is 5.92. The van der Waals surface area contributed by atoms with Crippen LogP contribution in [0.15, 0.2) is 18.2 Å². The number of fused-ring (bicyclic) bond motifs is 1. The number of aromatic nitrogens is 2. The van der Waals surface area contributed by atoms with E-state index in [1.807, 2.05) is 12.1 Å². The summed E-state index contributed by atoms with van der Waals surface area (Å²) in [6, 6.07) is 6.06. The molecule has 1 aromatic heterocycles. The number of methoxy groups -OCH3 is 1. The van der Waals surface area contributed by atoms with Gasteiger partial charge in [0, 0.05) is 31.5 Å². The number of halogens is 1. The van der Waals surface area contributed by atoms with E-state index in [9.17, 15) is 0 Å². The third kappa shape index (κ3) is 3.69. The van der Waals surface area contributed by atoms with Crippen molar-refractivity contribution in [2.24, 2.45) is 0 Å². The van der Waals surface area contributed by atoms with Crippen molar-refractivity contribution in [2.75, 3.05) is 32.6 Å². The Morgan fingerprint density at radius 3 is 2.67 bits per heavy atom. The Labute approximate surface area is 131 Å². The van der Waals surface area contributed by atoms with Crippen LogP contribution >= 0.6 is 11.6 Å². The Bertz CT molecular complexity index is 578. The number of alkyl halides is 1. The van der Waals surface area contributed by atoms with Gasteiger partial charge in [0.15, 0.2) is 0 Å². The monoisotopic (exact) mass is 309 g/mol. The molecule has 1 aromatic carbocycles. The maximum Gasteiger partial charge on any atom is 0.121 e. The van der Waals surface area contributed by atoms with Crippen LogP contribution in [0.4, 0.5) is 0 Å².